The number of Topliss-reactive ketones (excluding diaryl/α,β-unsaturated/α-hetero) is 1. The van der Waals surface area contributed by atoms with Crippen LogP contribution in [0.2, 0.25) is 0 Å². The number of phenols is 1. The summed E-state index contributed by atoms with van der Waals surface area (Å²) >= 11 is 0. The van der Waals surface area contributed by atoms with Crippen molar-refractivity contribution in [2.45, 2.75) is 70.0 Å². The Morgan fingerprint density at radius 3 is 2.50 bits per heavy atom. The molecular weight excluding hydrogens is 356 g/mol. The Kier molecular flexibility index (Phi) is 9.65. The Balaban J connectivity index is 2.53. The molecule has 0 aromatic heterocycles. The van der Waals surface area contributed by atoms with Crippen molar-refractivity contribution < 1.29 is 27.6 Å². The Morgan fingerprint density at radius 1 is 1.19 bits per heavy atom. The Hall–Kier alpha value is -1.60. The smallest absolute Gasteiger partial charge is 0.268 e. The molecule has 1 atom stereocenters. The number of rotatable bonds is 13. The van der Waals surface area contributed by atoms with Crippen LogP contribution < -0.4 is 4.74 Å². The van der Waals surface area contributed by atoms with Gasteiger partial charge in [-0.2, -0.15) is 8.42 Å². The molecule has 0 heterocycles. The van der Waals surface area contributed by atoms with Gasteiger partial charge < -0.3 is 9.84 Å². The zero-order chi connectivity index (χ0) is 19.6. The van der Waals surface area contributed by atoms with Gasteiger partial charge in [0.05, 0.1) is 12.4 Å². The number of methoxy groups -OCH3 is 1. The fourth-order valence-electron chi connectivity index (χ4n) is 2.85. The zero-order valence-electron chi connectivity index (χ0n) is 15.6. The second kappa shape index (κ2) is 11.2. The van der Waals surface area contributed by atoms with Gasteiger partial charge in [-0.15, -0.1) is 0 Å². The van der Waals surface area contributed by atoms with E-state index in [4.69, 9.17) is 4.74 Å². The SMILES string of the molecule is CCCCCCCC(CC(=O)CCc1ccc(O)c(OC)c1)S(=O)(=O)O. The lowest BCUT2D eigenvalue weighted by molar-refractivity contribution is -0.119. The summed E-state index contributed by atoms with van der Waals surface area (Å²) in [5.41, 5.74) is 0.816. The average Bonchev–Trinajstić information content (AvgIpc) is 2.59. The van der Waals surface area contributed by atoms with Gasteiger partial charge in [-0.1, -0.05) is 45.1 Å². The molecule has 6 nitrogen and oxygen atoms in total. The van der Waals surface area contributed by atoms with Crippen molar-refractivity contribution in [1.82, 2.24) is 0 Å². The summed E-state index contributed by atoms with van der Waals surface area (Å²) in [6, 6.07) is 4.84. The fraction of sp³-hybridized carbons (Fsp3) is 0.632. The van der Waals surface area contributed by atoms with Gasteiger partial charge in [0, 0.05) is 12.8 Å². The molecule has 0 saturated carbocycles. The molecule has 1 rings (SSSR count). The third kappa shape index (κ3) is 8.19. The lowest BCUT2D eigenvalue weighted by atomic mass is 10.0. The Morgan fingerprint density at radius 2 is 1.88 bits per heavy atom. The predicted octanol–water partition coefficient (Wildman–Crippen LogP) is 3.91. The lowest BCUT2D eigenvalue weighted by Gasteiger charge is -2.13. The van der Waals surface area contributed by atoms with Crippen LogP contribution in [0.4, 0.5) is 0 Å². The summed E-state index contributed by atoms with van der Waals surface area (Å²) in [4.78, 5) is 12.2. The molecule has 0 bridgehead atoms. The molecule has 0 aliphatic carbocycles. The van der Waals surface area contributed by atoms with Crippen LogP contribution in [0.15, 0.2) is 18.2 Å². The maximum Gasteiger partial charge on any atom is 0.268 e. The van der Waals surface area contributed by atoms with Gasteiger partial charge in [-0.05, 0) is 30.5 Å². The molecule has 0 fully saturated rings. The quantitative estimate of drug-likeness (QED) is 0.394. The molecule has 1 aromatic carbocycles. The largest absolute Gasteiger partial charge is 0.504 e. The molecule has 1 aromatic rings. The maximum absolute atomic E-state index is 12.2. The van der Waals surface area contributed by atoms with Crippen molar-refractivity contribution in [2.24, 2.45) is 0 Å². The van der Waals surface area contributed by atoms with Crippen LogP contribution in [0.5, 0.6) is 11.5 Å². The second-order valence-corrected chi connectivity index (χ2v) is 8.29. The van der Waals surface area contributed by atoms with Crippen LogP contribution >= 0.6 is 0 Å². The zero-order valence-corrected chi connectivity index (χ0v) is 16.4. The molecule has 7 heteroatoms. The van der Waals surface area contributed by atoms with Crippen LogP contribution in [0.25, 0.3) is 0 Å². The topological polar surface area (TPSA) is 101 Å². The molecule has 0 saturated heterocycles. The van der Waals surface area contributed by atoms with Crippen molar-refractivity contribution in [2.75, 3.05) is 7.11 Å². The van der Waals surface area contributed by atoms with E-state index in [9.17, 15) is 22.9 Å². The minimum Gasteiger partial charge on any atom is -0.504 e. The van der Waals surface area contributed by atoms with Gasteiger partial charge in [0.1, 0.15) is 5.78 Å². The first kappa shape index (κ1) is 22.4. The third-order valence-corrected chi connectivity index (χ3v) is 5.69. The third-order valence-electron chi connectivity index (χ3n) is 4.44. The van der Waals surface area contributed by atoms with E-state index in [0.717, 1.165) is 31.2 Å². The van der Waals surface area contributed by atoms with Gasteiger partial charge in [-0.3, -0.25) is 9.35 Å². The monoisotopic (exact) mass is 386 g/mol. The number of hydrogen-bond donors (Lipinski definition) is 2. The molecule has 0 aliphatic heterocycles. The number of carbonyl (C=O) groups is 1. The number of ether oxygens (including phenoxy) is 1. The molecule has 1 unspecified atom stereocenters. The number of carbonyl (C=O) groups excluding carboxylic acids is 1. The molecular formula is C19H30O6S. The summed E-state index contributed by atoms with van der Waals surface area (Å²) in [5.74, 6) is 0.156. The summed E-state index contributed by atoms with van der Waals surface area (Å²) in [7, 11) is -2.78. The number of aromatic hydroxyl groups is 1. The van der Waals surface area contributed by atoms with E-state index in [0.29, 0.717) is 25.0 Å². The minimum atomic E-state index is -4.23. The van der Waals surface area contributed by atoms with Gasteiger partial charge in [-0.25, -0.2) is 0 Å². The van der Waals surface area contributed by atoms with E-state index in [1.807, 2.05) is 0 Å². The highest BCUT2D eigenvalue weighted by atomic mass is 32.2. The Bertz CT molecular complexity index is 669. The van der Waals surface area contributed by atoms with Crippen molar-refractivity contribution in [3.05, 3.63) is 23.8 Å². The number of benzene rings is 1. The van der Waals surface area contributed by atoms with E-state index in [-0.39, 0.29) is 24.4 Å². The fourth-order valence-corrected chi connectivity index (χ4v) is 3.71. The number of ketones is 1. The first-order valence-electron chi connectivity index (χ1n) is 9.11. The van der Waals surface area contributed by atoms with Gasteiger partial charge in [0.2, 0.25) is 0 Å². The highest BCUT2D eigenvalue weighted by Crippen LogP contribution is 2.27. The van der Waals surface area contributed by atoms with Crippen molar-refractivity contribution in [3.63, 3.8) is 0 Å². The molecule has 148 valence electrons. The summed E-state index contributed by atoms with van der Waals surface area (Å²) in [6.07, 6.45) is 5.57. The molecule has 0 spiro atoms. The van der Waals surface area contributed by atoms with Crippen molar-refractivity contribution in [3.8, 4) is 11.5 Å². The highest BCUT2D eigenvalue weighted by molar-refractivity contribution is 7.86. The molecule has 2 N–H and O–H groups in total. The minimum absolute atomic E-state index is 0.0251. The summed E-state index contributed by atoms with van der Waals surface area (Å²) in [5, 5.41) is 8.55. The van der Waals surface area contributed by atoms with Gasteiger partial charge >= 0.3 is 0 Å². The van der Waals surface area contributed by atoms with E-state index >= 15 is 0 Å². The predicted molar refractivity (Wildman–Crippen MR) is 101 cm³/mol. The van der Waals surface area contributed by atoms with Gasteiger partial charge in [0.25, 0.3) is 10.1 Å². The van der Waals surface area contributed by atoms with E-state index in [1.165, 1.54) is 13.2 Å². The van der Waals surface area contributed by atoms with Gasteiger partial charge in [0.15, 0.2) is 11.5 Å². The highest BCUT2D eigenvalue weighted by Gasteiger charge is 2.25. The number of hydrogen-bond acceptors (Lipinski definition) is 5. The van der Waals surface area contributed by atoms with Crippen molar-refractivity contribution in [1.29, 1.82) is 0 Å². The van der Waals surface area contributed by atoms with E-state index in [2.05, 4.69) is 6.92 Å². The second-order valence-electron chi connectivity index (χ2n) is 6.59. The first-order valence-corrected chi connectivity index (χ1v) is 10.6. The summed E-state index contributed by atoms with van der Waals surface area (Å²) < 4.78 is 37.5. The number of aryl methyl sites for hydroxylation is 1. The molecule has 0 aliphatic rings. The van der Waals surface area contributed by atoms with Crippen molar-refractivity contribution >= 4 is 15.9 Å². The van der Waals surface area contributed by atoms with Crippen LogP contribution in [0, 0.1) is 0 Å². The molecule has 0 radical (unpaired) electrons. The van der Waals surface area contributed by atoms with E-state index < -0.39 is 15.4 Å². The standard InChI is InChI=1S/C19H30O6S/c1-3-4-5-6-7-8-17(26(22,23)24)14-16(20)11-9-15-10-12-18(21)19(13-15)25-2/h10,12-13,17,21H,3-9,11,14H2,1-2H3,(H,22,23,24). The van der Waals surface area contributed by atoms with Crippen LogP contribution in [-0.4, -0.2) is 36.2 Å². The lowest BCUT2D eigenvalue weighted by Crippen LogP contribution is -2.24. The van der Waals surface area contributed by atoms with Crippen LogP contribution in [0.1, 0.15) is 63.9 Å². The van der Waals surface area contributed by atoms with E-state index in [1.54, 1.807) is 12.1 Å². The Labute approximate surface area is 156 Å². The van der Waals surface area contributed by atoms with Crippen LogP contribution in [-0.2, 0) is 21.3 Å². The number of unbranched alkanes of at least 4 members (excludes halogenated alkanes) is 4. The molecule has 0 amide bonds. The molecule has 26 heavy (non-hydrogen) atoms. The first-order chi connectivity index (χ1) is 12.3. The number of phenolic OH excluding ortho intramolecular Hbond substituents is 1. The normalized spacial score (nSPS) is 12.7. The average molecular weight is 387 g/mol. The maximum atomic E-state index is 12.2. The summed E-state index contributed by atoms with van der Waals surface area (Å²) in [6.45, 7) is 2.10. The van der Waals surface area contributed by atoms with Crippen LogP contribution in [0.3, 0.4) is 0 Å².